The molecule has 0 radical (unpaired) electrons. The second kappa shape index (κ2) is 6.61. The largest absolute Gasteiger partial charge is 0.497 e. The van der Waals surface area contributed by atoms with Gasteiger partial charge in [-0.2, -0.15) is 0 Å². The van der Waals surface area contributed by atoms with Crippen LogP contribution in [-0.4, -0.2) is 22.6 Å². The molecule has 0 spiro atoms. The Bertz CT molecular complexity index is 790. The highest BCUT2D eigenvalue weighted by Crippen LogP contribution is 2.16. The Labute approximate surface area is 126 Å². The lowest BCUT2D eigenvalue weighted by molar-refractivity contribution is 0.415. The van der Waals surface area contributed by atoms with Crippen LogP contribution in [0.3, 0.4) is 0 Å². The van der Waals surface area contributed by atoms with Crippen molar-refractivity contribution in [3.8, 4) is 5.75 Å². The minimum atomic E-state index is -0.413. The summed E-state index contributed by atoms with van der Waals surface area (Å²) in [6.07, 6.45) is 1.42. The minimum absolute atomic E-state index is 0.342. The first-order valence-corrected chi connectivity index (χ1v) is 6.48. The summed E-state index contributed by atoms with van der Waals surface area (Å²) in [5, 5.41) is 0. The molecule has 2 rings (SSSR count). The molecule has 0 fully saturated rings. The number of aromatic nitrogens is 2. The molecule has 0 unspecified atom stereocenters. The third kappa shape index (κ3) is 3.35. The Balaban J connectivity index is 2.03. The number of aliphatic imine (C=N–C) groups is 1. The number of nitrogens with one attached hydrogen (secondary N) is 2. The summed E-state index contributed by atoms with van der Waals surface area (Å²) in [5.41, 5.74) is 5.38. The van der Waals surface area contributed by atoms with E-state index in [0.29, 0.717) is 5.82 Å². The first-order chi connectivity index (χ1) is 10.5. The molecule has 0 atom stereocenters. The predicted molar refractivity (Wildman–Crippen MR) is 84.8 cm³/mol. The van der Waals surface area contributed by atoms with E-state index >= 15 is 0 Å². The first kappa shape index (κ1) is 15.4. The molecule has 2 aromatic rings. The second-order valence-electron chi connectivity index (χ2n) is 4.49. The van der Waals surface area contributed by atoms with Crippen LogP contribution in [0, 0.1) is 0 Å². The third-order valence-electron chi connectivity index (χ3n) is 3.08. The normalized spacial score (nSPS) is 10.7. The van der Waals surface area contributed by atoms with Gasteiger partial charge in [0.25, 0.3) is 5.56 Å². The second-order valence-corrected chi connectivity index (χ2v) is 4.49. The molecule has 0 amide bonds. The number of benzene rings is 1. The van der Waals surface area contributed by atoms with E-state index in [1.165, 1.54) is 24.0 Å². The molecule has 0 aliphatic rings. The monoisotopic (exact) mass is 303 g/mol. The maximum atomic E-state index is 11.7. The van der Waals surface area contributed by atoms with Gasteiger partial charge in [-0.3, -0.25) is 24.8 Å². The number of nitrogens with zero attached hydrogens (tertiary/aromatic N) is 3. The number of hydrogen-bond donors (Lipinski definition) is 2. The van der Waals surface area contributed by atoms with Crippen molar-refractivity contribution >= 4 is 17.8 Å². The highest BCUT2D eigenvalue weighted by Gasteiger charge is 2.04. The summed E-state index contributed by atoms with van der Waals surface area (Å²) in [5.74, 6) is 1.09. The highest BCUT2D eigenvalue weighted by atomic mass is 16.5. The fourth-order valence-electron chi connectivity index (χ4n) is 1.73. The summed E-state index contributed by atoms with van der Waals surface area (Å²) in [6, 6.07) is 8.50. The number of anilines is 1. The third-order valence-corrected chi connectivity index (χ3v) is 3.08. The van der Waals surface area contributed by atoms with Gasteiger partial charge in [-0.05, 0) is 24.3 Å². The predicted octanol–water partition coefficient (Wildman–Crippen LogP) is 0.369. The van der Waals surface area contributed by atoms with Gasteiger partial charge in [0.15, 0.2) is 0 Å². The van der Waals surface area contributed by atoms with E-state index in [4.69, 9.17) is 4.74 Å². The van der Waals surface area contributed by atoms with E-state index in [-0.39, 0.29) is 5.56 Å². The Morgan fingerprint density at radius 3 is 2.45 bits per heavy atom. The number of hydrazine groups is 1. The van der Waals surface area contributed by atoms with Crippen molar-refractivity contribution in [2.24, 2.45) is 19.1 Å². The average Bonchev–Trinajstić information content (AvgIpc) is 2.54. The van der Waals surface area contributed by atoms with E-state index in [1.54, 1.807) is 38.4 Å². The van der Waals surface area contributed by atoms with E-state index in [9.17, 15) is 9.59 Å². The molecule has 0 bridgehead atoms. The molecular formula is C14H17N5O3. The zero-order chi connectivity index (χ0) is 16.1. The average molecular weight is 303 g/mol. The molecule has 1 heterocycles. The lowest BCUT2D eigenvalue weighted by Gasteiger charge is -2.10. The van der Waals surface area contributed by atoms with Crippen LogP contribution in [0.15, 0.2) is 44.9 Å². The van der Waals surface area contributed by atoms with Crippen molar-refractivity contribution in [2.45, 2.75) is 0 Å². The van der Waals surface area contributed by atoms with Crippen LogP contribution in [0.1, 0.15) is 0 Å². The Kier molecular flexibility index (Phi) is 4.62. The molecule has 0 aliphatic carbocycles. The van der Waals surface area contributed by atoms with Crippen LogP contribution in [0.5, 0.6) is 5.75 Å². The van der Waals surface area contributed by atoms with Crippen LogP contribution >= 0.6 is 0 Å². The standard InChI is InChI=1S/C14H17N5O3/c1-18-12(8-13(20)19(2)14(18)21)17-16-9-15-10-4-6-11(22-3)7-5-10/h4-9,17H,1-3H3,(H,15,16). The van der Waals surface area contributed by atoms with Crippen molar-refractivity contribution in [1.82, 2.24) is 14.6 Å². The molecule has 2 N–H and O–H groups in total. The van der Waals surface area contributed by atoms with Crippen molar-refractivity contribution in [3.63, 3.8) is 0 Å². The van der Waals surface area contributed by atoms with Gasteiger partial charge in [-0.25, -0.2) is 9.79 Å². The van der Waals surface area contributed by atoms with Crippen LogP contribution in [0.25, 0.3) is 0 Å². The summed E-state index contributed by atoms with van der Waals surface area (Å²) in [4.78, 5) is 27.5. The Morgan fingerprint density at radius 1 is 1.14 bits per heavy atom. The molecule has 8 heteroatoms. The number of ether oxygens (including phenoxy) is 1. The van der Waals surface area contributed by atoms with Gasteiger partial charge in [-0.15, -0.1) is 0 Å². The first-order valence-electron chi connectivity index (χ1n) is 6.48. The molecule has 116 valence electrons. The summed E-state index contributed by atoms with van der Waals surface area (Å²) < 4.78 is 7.39. The topological polar surface area (TPSA) is 89.7 Å². The highest BCUT2D eigenvalue weighted by molar-refractivity contribution is 5.62. The molecule has 0 saturated carbocycles. The number of methoxy groups -OCH3 is 1. The van der Waals surface area contributed by atoms with Gasteiger partial charge in [-0.1, -0.05) is 0 Å². The van der Waals surface area contributed by atoms with Crippen LogP contribution in [0.4, 0.5) is 11.5 Å². The zero-order valence-corrected chi connectivity index (χ0v) is 12.5. The van der Waals surface area contributed by atoms with Crippen LogP contribution in [-0.2, 0) is 14.1 Å². The lowest BCUT2D eigenvalue weighted by Crippen LogP contribution is -2.38. The molecule has 1 aromatic heterocycles. The van der Waals surface area contributed by atoms with Gasteiger partial charge < -0.3 is 4.74 Å². The van der Waals surface area contributed by atoms with Crippen LogP contribution in [0.2, 0.25) is 0 Å². The summed E-state index contributed by atoms with van der Waals surface area (Å²) in [7, 11) is 4.58. The van der Waals surface area contributed by atoms with Crippen molar-refractivity contribution in [2.75, 3.05) is 12.5 Å². The van der Waals surface area contributed by atoms with Crippen molar-refractivity contribution in [3.05, 3.63) is 51.2 Å². The van der Waals surface area contributed by atoms with Crippen molar-refractivity contribution in [1.29, 1.82) is 0 Å². The SMILES string of the molecule is COc1ccc(N=CNNc2cc(=O)n(C)c(=O)n2C)cc1. The van der Waals surface area contributed by atoms with E-state index in [1.807, 2.05) is 0 Å². The van der Waals surface area contributed by atoms with Gasteiger partial charge in [0.05, 0.1) is 12.8 Å². The Hall–Kier alpha value is -3.03. The fraction of sp³-hybridized carbons (Fsp3) is 0.214. The molecule has 0 saturated heterocycles. The molecule has 22 heavy (non-hydrogen) atoms. The number of hydrogen-bond acceptors (Lipinski definition) is 5. The lowest BCUT2D eigenvalue weighted by atomic mass is 10.3. The molecular weight excluding hydrogens is 286 g/mol. The van der Waals surface area contributed by atoms with E-state index in [0.717, 1.165) is 16.0 Å². The molecule has 0 aliphatic heterocycles. The molecule has 1 aromatic carbocycles. The fourth-order valence-corrected chi connectivity index (χ4v) is 1.73. The number of rotatable bonds is 5. The Morgan fingerprint density at radius 2 is 1.82 bits per heavy atom. The van der Waals surface area contributed by atoms with E-state index in [2.05, 4.69) is 15.8 Å². The minimum Gasteiger partial charge on any atom is -0.497 e. The maximum absolute atomic E-state index is 11.7. The zero-order valence-electron chi connectivity index (χ0n) is 12.5. The van der Waals surface area contributed by atoms with Crippen LogP contribution < -0.4 is 26.8 Å². The maximum Gasteiger partial charge on any atom is 0.332 e. The summed E-state index contributed by atoms with van der Waals surface area (Å²) in [6.45, 7) is 0. The van der Waals surface area contributed by atoms with Crippen molar-refractivity contribution < 1.29 is 4.74 Å². The van der Waals surface area contributed by atoms with E-state index < -0.39 is 5.69 Å². The summed E-state index contributed by atoms with van der Waals surface area (Å²) >= 11 is 0. The smallest absolute Gasteiger partial charge is 0.332 e. The van der Waals surface area contributed by atoms with Gasteiger partial charge in [0, 0.05) is 20.2 Å². The van der Waals surface area contributed by atoms with Gasteiger partial charge >= 0.3 is 5.69 Å². The van der Waals surface area contributed by atoms with Gasteiger partial charge in [0.2, 0.25) is 0 Å². The quantitative estimate of drug-likeness (QED) is 0.473. The van der Waals surface area contributed by atoms with Gasteiger partial charge in [0.1, 0.15) is 17.9 Å². The molecule has 8 nitrogen and oxygen atoms in total.